The summed E-state index contributed by atoms with van der Waals surface area (Å²) < 4.78 is 2.10. The van der Waals surface area contributed by atoms with Gasteiger partial charge in [-0.25, -0.2) is 0 Å². The zero-order chi connectivity index (χ0) is 19.3. The lowest BCUT2D eigenvalue weighted by Gasteiger charge is -2.29. The zero-order valence-electron chi connectivity index (χ0n) is 16.3. The summed E-state index contributed by atoms with van der Waals surface area (Å²) in [6.45, 7) is 0. The molecule has 0 radical (unpaired) electrons. The molecular weight excluding hydrogens is 405 g/mol. The smallest absolute Gasteiger partial charge is 0.254 e. The van der Waals surface area contributed by atoms with E-state index >= 15 is 0 Å². The second kappa shape index (κ2) is 8.02. The molecular formula is C23H25Cl2N3O. The summed E-state index contributed by atoms with van der Waals surface area (Å²) >= 11 is 6.29. The highest BCUT2D eigenvalue weighted by Crippen LogP contribution is 2.35. The normalized spacial score (nSPS) is 23.0. The number of halogens is 2. The number of fused-ring (bicyclic) bond motifs is 3. The van der Waals surface area contributed by atoms with Crippen molar-refractivity contribution in [2.24, 2.45) is 7.05 Å². The Morgan fingerprint density at radius 2 is 1.79 bits per heavy atom. The number of aryl methyl sites for hydroxylation is 1. The predicted octanol–water partition coefficient (Wildman–Crippen LogP) is 4.93. The number of rotatable bonds is 3. The van der Waals surface area contributed by atoms with Gasteiger partial charge in [-0.05, 0) is 49.4 Å². The van der Waals surface area contributed by atoms with Crippen LogP contribution in [-0.2, 0) is 7.05 Å². The predicted molar refractivity (Wildman–Crippen MR) is 121 cm³/mol. The molecule has 5 rings (SSSR count). The van der Waals surface area contributed by atoms with Gasteiger partial charge >= 0.3 is 0 Å². The van der Waals surface area contributed by atoms with Crippen LogP contribution in [0.2, 0.25) is 5.02 Å². The average Bonchev–Trinajstić information content (AvgIpc) is 3.18. The highest BCUT2D eigenvalue weighted by Gasteiger charge is 2.35. The van der Waals surface area contributed by atoms with Crippen LogP contribution >= 0.6 is 24.0 Å². The van der Waals surface area contributed by atoms with E-state index in [1.54, 1.807) is 0 Å². The molecule has 2 aliphatic rings. The fraction of sp³-hybridized carbons (Fsp3) is 0.348. The molecule has 1 aromatic heterocycles. The van der Waals surface area contributed by atoms with Gasteiger partial charge in [0.2, 0.25) is 0 Å². The monoisotopic (exact) mass is 429 g/mol. The topological polar surface area (TPSA) is 46.1 Å². The summed E-state index contributed by atoms with van der Waals surface area (Å²) in [6.07, 6.45) is 4.45. The lowest BCUT2D eigenvalue weighted by atomic mass is 9.98. The molecule has 152 valence electrons. The maximum absolute atomic E-state index is 13.5. The van der Waals surface area contributed by atoms with Crippen LogP contribution in [0.15, 0.2) is 48.5 Å². The Labute approximate surface area is 182 Å². The Bertz CT molecular complexity index is 1040. The molecule has 3 heterocycles. The molecule has 29 heavy (non-hydrogen) atoms. The van der Waals surface area contributed by atoms with Crippen molar-refractivity contribution in [3.8, 4) is 11.3 Å². The van der Waals surface area contributed by atoms with E-state index in [4.69, 9.17) is 11.6 Å². The summed E-state index contributed by atoms with van der Waals surface area (Å²) in [4.78, 5) is 13.5. The molecule has 2 atom stereocenters. The number of carbonyl (C=O) groups excluding carboxylic acids is 1. The average molecular weight is 430 g/mol. The summed E-state index contributed by atoms with van der Waals surface area (Å²) in [5.41, 5.74) is 3.70. The van der Waals surface area contributed by atoms with Gasteiger partial charge < -0.3 is 15.2 Å². The molecule has 0 spiro atoms. The molecule has 4 nitrogen and oxygen atoms in total. The zero-order valence-corrected chi connectivity index (χ0v) is 17.9. The fourth-order valence-corrected chi connectivity index (χ4v) is 5.19. The SMILES string of the molecule is Cl.Cn1c(-c2ccccc2)c(C(=O)NC2CC3CCC(C2)N3)c2cc(Cl)ccc21. The van der Waals surface area contributed by atoms with Crippen molar-refractivity contribution in [1.29, 1.82) is 0 Å². The first-order valence-electron chi connectivity index (χ1n) is 10.0. The summed E-state index contributed by atoms with van der Waals surface area (Å²) in [5, 5.41) is 8.53. The van der Waals surface area contributed by atoms with Crippen molar-refractivity contribution in [3.63, 3.8) is 0 Å². The van der Waals surface area contributed by atoms with Crippen LogP contribution in [0.25, 0.3) is 22.2 Å². The number of nitrogens with zero attached hydrogens (tertiary/aromatic N) is 1. The molecule has 2 unspecified atom stereocenters. The van der Waals surface area contributed by atoms with Gasteiger partial charge in [0.05, 0.1) is 11.3 Å². The summed E-state index contributed by atoms with van der Waals surface area (Å²) in [7, 11) is 2.01. The van der Waals surface area contributed by atoms with Gasteiger partial charge in [-0.1, -0.05) is 41.9 Å². The van der Waals surface area contributed by atoms with Crippen molar-refractivity contribution < 1.29 is 4.79 Å². The second-order valence-corrected chi connectivity index (χ2v) is 8.53. The van der Waals surface area contributed by atoms with Crippen molar-refractivity contribution in [2.45, 2.75) is 43.8 Å². The second-order valence-electron chi connectivity index (χ2n) is 8.09. The number of hydrogen-bond donors (Lipinski definition) is 2. The van der Waals surface area contributed by atoms with Gasteiger partial charge in [-0.15, -0.1) is 12.4 Å². The van der Waals surface area contributed by atoms with Gasteiger partial charge in [0, 0.05) is 41.1 Å². The van der Waals surface area contributed by atoms with E-state index in [0.717, 1.165) is 40.6 Å². The number of nitrogens with one attached hydrogen (secondary N) is 2. The maximum Gasteiger partial charge on any atom is 0.254 e. The number of aromatic nitrogens is 1. The van der Waals surface area contributed by atoms with Crippen LogP contribution in [0.3, 0.4) is 0 Å². The standard InChI is InChI=1S/C23H24ClN3O.ClH/c1-27-20-10-7-15(24)11-19(20)21(22(27)14-5-3-2-4-6-14)23(28)26-18-12-16-8-9-17(13-18)25-16;/h2-7,10-11,16-18,25H,8-9,12-13H2,1H3,(H,26,28);1H. The highest BCUT2D eigenvalue weighted by atomic mass is 35.5. The first-order valence-corrected chi connectivity index (χ1v) is 10.4. The lowest BCUT2D eigenvalue weighted by Crippen LogP contribution is -2.48. The number of piperidine rings is 1. The molecule has 2 saturated heterocycles. The van der Waals surface area contributed by atoms with Gasteiger partial charge in [0.25, 0.3) is 5.91 Å². The Morgan fingerprint density at radius 1 is 1.10 bits per heavy atom. The fourth-order valence-electron chi connectivity index (χ4n) is 5.01. The Balaban J connectivity index is 0.00000205. The van der Waals surface area contributed by atoms with Gasteiger partial charge in [-0.3, -0.25) is 4.79 Å². The summed E-state index contributed by atoms with van der Waals surface area (Å²) in [6, 6.07) is 17.2. The quantitative estimate of drug-likeness (QED) is 0.619. The molecule has 0 aliphatic carbocycles. The van der Waals surface area contributed by atoms with E-state index in [9.17, 15) is 4.79 Å². The number of carbonyl (C=O) groups is 1. The molecule has 0 saturated carbocycles. The van der Waals surface area contributed by atoms with Crippen LogP contribution in [-0.4, -0.2) is 28.6 Å². The van der Waals surface area contributed by atoms with Gasteiger partial charge in [0.1, 0.15) is 0 Å². The molecule has 3 aromatic rings. The van der Waals surface area contributed by atoms with Crippen LogP contribution in [0.4, 0.5) is 0 Å². The number of hydrogen-bond acceptors (Lipinski definition) is 2. The molecule has 2 fully saturated rings. The molecule has 2 aromatic carbocycles. The van der Waals surface area contributed by atoms with E-state index < -0.39 is 0 Å². The van der Waals surface area contributed by atoms with Crippen molar-refractivity contribution in [3.05, 3.63) is 59.1 Å². The van der Waals surface area contributed by atoms with E-state index in [2.05, 4.69) is 27.3 Å². The molecule has 2 bridgehead atoms. The first-order chi connectivity index (χ1) is 13.6. The van der Waals surface area contributed by atoms with Gasteiger partial charge in [0.15, 0.2) is 0 Å². The Hall–Kier alpha value is -2.01. The van der Waals surface area contributed by atoms with E-state index in [1.165, 1.54) is 12.8 Å². The largest absolute Gasteiger partial charge is 0.349 e. The van der Waals surface area contributed by atoms with Crippen molar-refractivity contribution in [1.82, 2.24) is 15.2 Å². The highest BCUT2D eigenvalue weighted by molar-refractivity contribution is 6.31. The molecule has 6 heteroatoms. The third-order valence-electron chi connectivity index (χ3n) is 6.24. The molecule has 1 amide bonds. The first kappa shape index (κ1) is 20.3. The van der Waals surface area contributed by atoms with E-state index in [0.29, 0.717) is 17.1 Å². The Morgan fingerprint density at radius 3 is 2.48 bits per heavy atom. The van der Waals surface area contributed by atoms with Gasteiger partial charge in [-0.2, -0.15) is 0 Å². The van der Waals surface area contributed by atoms with Crippen LogP contribution in [0, 0.1) is 0 Å². The Kier molecular flexibility index (Phi) is 5.60. The minimum Gasteiger partial charge on any atom is -0.349 e. The van der Waals surface area contributed by atoms with Crippen molar-refractivity contribution in [2.75, 3.05) is 0 Å². The minimum atomic E-state index is -0.00183. The minimum absolute atomic E-state index is 0. The third kappa shape index (κ3) is 3.65. The number of benzene rings is 2. The maximum atomic E-state index is 13.5. The van der Waals surface area contributed by atoms with Crippen LogP contribution in [0.1, 0.15) is 36.0 Å². The van der Waals surface area contributed by atoms with E-state index in [-0.39, 0.29) is 24.4 Å². The summed E-state index contributed by atoms with van der Waals surface area (Å²) in [5.74, 6) is -0.00183. The van der Waals surface area contributed by atoms with Crippen LogP contribution in [0.5, 0.6) is 0 Å². The molecule has 2 N–H and O–H groups in total. The third-order valence-corrected chi connectivity index (χ3v) is 6.48. The van der Waals surface area contributed by atoms with E-state index in [1.807, 2.05) is 43.4 Å². The lowest BCUT2D eigenvalue weighted by molar-refractivity contribution is 0.0926. The van der Waals surface area contributed by atoms with Crippen LogP contribution < -0.4 is 10.6 Å². The van der Waals surface area contributed by atoms with Crippen molar-refractivity contribution >= 4 is 40.8 Å². The molecule has 2 aliphatic heterocycles. The number of amides is 1.